The highest BCUT2D eigenvalue weighted by atomic mass is 127. The number of halogens is 1. The molecule has 0 aliphatic heterocycles. The molecule has 0 aromatic heterocycles. The van der Waals surface area contributed by atoms with Crippen molar-refractivity contribution in [2.45, 2.75) is 33.3 Å². The van der Waals surface area contributed by atoms with E-state index >= 15 is 0 Å². The molecule has 1 nitrogen and oxygen atoms in total. The minimum atomic E-state index is -0.653. The summed E-state index contributed by atoms with van der Waals surface area (Å²) >= 11 is 2.17. The molecule has 0 spiro atoms. The van der Waals surface area contributed by atoms with Gasteiger partial charge in [0.15, 0.2) is 0 Å². The first kappa shape index (κ1) is 9.43. The first-order chi connectivity index (χ1) is 3.85. The monoisotopic (exact) mass is 240 g/mol. The van der Waals surface area contributed by atoms with Crippen LogP contribution in [0.1, 0.15) is 27.7 Å². The summed E-state index contributed by atoms with van der Waals surface area (Å²) in [4.78, 5) is 0. The molecule has 0 rings (SSSR count). The molecular formula is C7H13IO. The lowest BCUT2D eigenvalue weighted by molar-refractivity contribution is 0.130. The maximum absolute atomic E-state index is 9.39. The van der Waals surface area contributed by atoms with Crippen LogP contribution in [0.15, 0.2) is 9.15 Å². The summed E-state index contributed by atoms with van der Waals surface area (Å²) in [6, 6.07) is 0. The molecular weight excluding hydrogens is 227 g/mol. The first-order valence-electron chi connectivity index (χ1n) is 2.91. The van der Waals surface area contributed by atoms with Crippen LogP contribution in [0.5, 0.6) is 0 Å². The zero-order valence-electron chi connectivity index (χ0n) is 6.33. The van der Waals surface area contributed by atoms with Crippen LogP contribution in [0.3, 0.4) is 0 Å². The van der Waals surface area contributed by atoms with Crippen molar-refractivity contribution in [3.05, 3.63) is 9.15 Å². The normalized spacial score (nSPS) is 11.3. The fraction of sp³-hybridized carbons (Fsp3) is 0.714. The topological polar surface area (TPSA) is 20.2 Å². The van der Waals surface area contributed by atoms with E-state index in [9.17, 15) is 5.11 Å². The number of hydrogen-bond acceptors (Lipinski definition) is 1. The molecule has 0 unspecified atom stereocenters. The second-order valence-corrected chi connectivity index (χ2v) is 3.95. The van der Waals surface area contributed by atoms with Crippen LogP contribution in [0.2, 0.25) is 0 Å². The molecule has 0 amide bonds. The lowest BCUT2D eigenvalue weighted by Gasteiger charge is -2.17. The van der Waals surface area contributed by atoms with E-state index < -0.39 is 5.60 Å². The van der Waals surface area contributed by atoms with Crippen molar-refractivity contribution in [2.24, 2.45) is 0 Å². The Morgan fingerprint density at radius 3 is 1.67 bits per heavy atom. The molecule has 1 N–H and O–H groups in total. The third-order valence-electron chi connectivity index (χ3n) is 0.976. The van der Waals surface area contributed by atoms with E-state index in [0.29, 0.717) is 0 Å². The van der Waals surface area contributed by atoms with Crippen LogP contribution in [0, 0.1) is 0 Å². The summed E-state index contributed by atoms with van der Waals surface area (Å²) in [5, 5.41) is 9.39. The second-order valence-electron chi connectivity index (χ2n) is 2.87. The van der Waals surface area contributed by atoms with Gasteiger partial charge in [0.05, 0.1) is 5.60 Å². The molecule has 0 radical (unpaired) electrons. The van der Waals surface area contributed by atoms with Gasteiger partial charge in [-0.1, -0.05) is 5.57 Å². The van der Waals surface area contributed by atoms with E-state index in [1.54, 1.807) is 13.8 Å². The van der Waals surface area contributed by atoms with E-state index in [2.05, 4.69) is 22.6 Å². The highest BCUT2D eigenvalue weighted by Gasteiger charge is 2.16. The van der Waals surface area contributed by atoms with Gasteiger partial charge in [0.25, 0.3) is 0 Å². The van der Waals surface area contributed by atoms with Gasteiger partial charge >= 0.3 is 0 Å². The average molecular weight is 240 g/mol. The van der Waals surface area contributed by atoms with Crippen molar-refractivity contribution in [1.82, 2.24) is 0 Å². The third-order valence-corrected chi connectivity index (χ3v) is 3.37. The lowest BCUT2D eigenvalue weighted by Crippen LogP contribution is -2.18. The van der Waals surface area contributed by atoms with Gasteiger partial charge in [-0.2, -0.15) is 0 Å². The smallest absolute Gasteiger partial charge is 0.0896 e. The molecule has 0 aliphatic carbocycles. The molecule has 0 heterocycles. The van der Waals surface area contributed by atoms with Gasteiger partial charge in [-0.15, -0.1) is 0 Å². The van der Waals surface area contributed by atoms with Crippen LogP contribution in [0.4, 0.5) is 0 Å². The number of rotatable bonds is 1. The van der Waals surface area contributed by atoms with Gasteiger partial charge in [0.1, 0.15) is 0 Å². The van der Waals surface area contributed by atoms with Crippen molar-refractivity contribution in [3.63, 3.8) is 0 Å². The second kappa shape index (κ2) is 3.01. The molecule has 54 valence electrons. The minimum Gasteiger partial charge on any atom is -0.385 e. The summed E-state index contributed by atoms with van der Waals surface area (Å²) < 4.78 is 1.03. The van der Waals surface area contributed by atoms with Gasteiger partial charge in [0, 0.05) is 3.58 Å². The Morgan fingerprint density at radius 1 is 1.33 bits per heavy atom. The zero-order valence-corrected chi connectivity index (χ0v) is 8.48. The SMILES string of the molecule is CC(C)=C(I)C(C)(C)O. The van der Waals surface area contributed by atoms with Crippen LogP contribution in [-0.2, 0) is 0 Å². The molecule has 2 heteroatoms. The van der Waals surface area contributed by atoms with Crippen molar-refractivity contribution in [2.75, 3.05) is 0 Å². The van der Waals surface area contributed by atoms with Crippen LogP contribution < -0.4 is 0 Å². The van der Waals surface area contributed by atoms with Gasteiger partial charge in [-0.3, -0.25) is 0 Å². The first-order valence-corrected chi connectivity index (χ1v) is 3.99. The van der Waals surface area contributed by atoms with Crippen molar-refractivity contribution < 1.29 is 5.11 Å². The Balaban J connectivity index is 4.40. The Bertz CT molecular complexity index is 126. The van der Waals surface area contributed by atoms with Gasteiger partial charge in [-0.05, 0) is 50.3 Å². The largest absolute Gasteiger partial charge is 0.385 e. The number of aliphatic hydroxyl groups is 1. The summed E-state index contributed by atoms with van der Waals surface area (Å²) in [5.41, 5.74) is 0.530. The summed E-state index contributed by atoms with van der Waals surface area (Å²) in [7, 11) is 0. The quantitative estimate of drug-likeness (QED) is 0.698. The summed E-state index contributed by atoms with van der Waals surface area (Å²) in [6.07, 6.45) is 0. The van der Waals surface area contributed by atoms with E-state index in [-0.39, 0.29) is 0 Å². The van der Waals surface area contributed by atoms with E-state index in [0.717, 1.165) is 3.58 Å². The molecule has 0 fully saturated rings. The van der Waals surface area contributed by atoms with Gasteiger partial charge in [-0.25, -0.2) is 0 Å². The Hall–Kier alpha value is 0.430. The summed E-state index contributed by atoms with van der Waals surface area (Å²) in [6.45, 7) is 7.59. The molecule has 0 aliphatic rings. The molecule has 0 aromatic rings. The van der Waals surface area contributed by atoms with Gasteiger partial charge in [0.2, 0.25) is 0 Å². The van der Waals surface area contributed by atoms with Gasteiger partial charge < -0.3 is 5.11 Å². The molecule has 9 heavy (non-hydrogen) atoms. The molecule has 0 saturated carbocycles. The number of allylic oxidation sites excluding steroid dienone is 1. The van der Waals surface area contributed by atoms with Crippen molar-refractivity contribution in [1.29, 1.82) is 0 Å². The predicted molar refractivity (Wildman–Crippen MR) is 48.7 cm³/mol. The third kappa shape index (κ3) is 3.20. The van der Waals surface area contributed by atoms with Crippen LogP contribution in [-0.4, -0.2) is 10.7 Å². The molecule has 0 bridgehead atoms. The highest BCUT2D eigenvalue weighted by Crippen LogP contribution is 2.25. The number of hydrogen-bond donors (Lipinski definition) is 1. The maximum Gasteiger partial charge on any atom is 0.0896 e. The Labute approximate surface area is 70.3 Å². The predicted octanol–water partition coefficient (Wildman–Crippen LogP) is 2.49. The molecule has 0 atom stereocenters. The lowest BCUT2D eigenvalue weighted by atomic mass is 10.1. The minimum absolute atomic E-state index is 0.653. The Morgan fingerprint density at radius 2 is 1.67 bits per heavy atom. The highest BCUT2D eigenvalue weighted by molar-refractivity contribution is 14.1. The maximum atomic E-state index is 9.39. The van der Waals surface area contributed by atoms with Crippen LogP contribution >= 0.6 is 22.6 Å². The van der Waals surface area contributed by atoms with E-state index in [1.807, 2.05) is 13.8 Å². The fourth-order valence-corrected chi connectivity index (χ4v) is 0.612. The van der Waals surface area contributed by atoms with E-state index in [1.165, 1.54) is 5.57 Å². The average Bonchev–Trinajstić information content (AvgIpc) is 1.62. The van der Waals surface area contributed by atoms with Crippen LogP contribution in [0.25, 0.3) is 0 Å². The Kier molecular flexibility index (Phi) is 3.16. The van der Waals surface area contributed by atoms with Crippen molar-refractivity contribution in [3.8, 4) is 0 Å². The zero-order chi connectivity index (χ0) is 7.65. The molecule has 0 saturated heterocycles. The fourth-order valence-electron chi connectivity index (χ4n) is 0.612. The van der Waals surface area contributed by atoms with Crippen molar-refractivity contribution >= 4 is 22.6 Å². The molecule has 0 aromatic carbocycles. The standard InChI is InChI=1S/C7H13IO/c1-5(2)6(8)7(3,4)9/h9H,1-4H3. The van der Waals surface area contributed by atoms with E-state index in [4.69, 9.17) is 0 Å². The summed E-state index contributed by atoms with van der Waals surface area (Å²) in [5.74, 6) is 0.